The van der Waals surface area contributed by atoms with Crippen molar-refractivity contribution in [1.29, 1.82) is 0 Å². The predicted octanol–water partition coefficient (Wildman–Crippen LogP) is 7.12. The topological polar surface area (TPSA) is 208 Å². The molecule has 2 aliphatic heterocycles. The Bertz CT molecular complexity index is 2190. The lowest BCUT2D eigenvalue weighted by molar-refractivity contribution is -0.166. The van der Waals surface area contributed by atoms with Gasteiger partial charge in [-0.15, -0.1) is 20.5 Å². The van der Waals surface area contributed by atoms with Crippen LogP contribution >= 0.6 is 55.4 Å². The van der Waals surface area contributed by atoms with E-state index in [2.05, 4.69) is 78.9 Å². The summed E-state index contributed by atoms with van der Waals surface area (Å²) in [5.41, 5.74) is -7.50. The standard InChI is InChI=1S/C30H21Br3F8N7O6P/c31-17-4-13(3-15(10-17)26(45-46-26)29(36,37)38)7-22(44-24(50)14-8-16(11-18(32)9-14)27(47-48-27)30(39,40)41)25(51)43-21(23(42)49)6-12-1-2-19(20(33)5-12)28(34,35)55(52,53)54/h1-5,8-11,21-22H,6-7H2,(H2,42,49)(H,43,51)(H,44,50)(H2,52,53,54)/t21-,22-/m0/s1. The summed E-state index contributed by atoms with van der Waals surface area (Å²) < 4.78 is 122. The smallest absolute Gasteiger partial charge is 0.368 e. The molecule has 55 heavy (non-hydrogen) atoms. The lowest BCUT2D eigenvalue weighted by Gasteiger charge is -2.24. The minimum absolute atomic E-state index is 0.0200. The summed E-state index contributed by atoms with van der Waals surface area (Å²) >= 11 is 8.92. The molecule has 0 fully saturated rings. The van der Waals surface area contributed by atoms with Crippen LogP contribution in [0, 0.1) is 0 Å². The molecule has 0 spiro atoms. The molecule has 5 rings (SSSR count). The van der Waals surface area contributed by atoms with E-state index in [1.807, 2.05) is 0 Å². The van der Waals surface area contributed by atoms with Crippen LogP contribution in [0.4, 0.5) is 35.1 Å². The molecule has 3 aromatic carbocycles. The maximum atomic E-state index is 14.4. The van der Waals surface area contributed by atoms with E-state index in [-0.39, 0.29) is 20.1 Å². The quantitative estimate of drug-likeness (QED) is 0.0890. The second kappa shape index (κ2) is 14.7. The summed E-state index contributed by atoms with van der Waals surface area (Å²) in [5.74, 6) is -3.53. The molecule has 6 N–H and O–H groups in total. The van der Waals surface area contributed by atoms with Crippen molar-refractivity contribution in [2.24, 2.45) is 26.2 Å². The first-order chi connectivity index (χ1) is 25.2. The molecular weight excluding hydrogens is 977 g/mol. The average molecular weight is 998 g/mol. The number of hydrogen-bond acceptors (Lipinski definition) is 8. The van der Waals surface area contributed by atoms with Gasteiger partial charge in [0.1, 0.15) is 12.1 Å². The molecule has 0 unspecified atom stereocenters. The summed E-state index contributed by atoms with van der Waals surface area (Å²) in [6, 6.07) is 5.46. The van der Waals surface area contributed by atoms with Crippen LogP contribution in [-0.4, -0.2) is 51.9 Å². The highest BCUT2D eigenvalue weighted by Gasteiger charge is 2.66. The minimum Gasteiger partial charge on any atom is -0.368 e. The zero-order valence-electron chi connectivity index (χ0n) is 26.8. The van der Waals surface area contributed by atoms with E-state index in [1.54, 1.807) is 0 Å². The van der Waals surface area contributed by atoms with Crippen LogP contribution in [0.25, 0.3) is 0 Å². The first-order valence-electron chi connectivity index (χ1n) is 15.0. The lowest BCUT2D eigenvalue weighted by Crippen LogP contribution is -2.54. The number of nitrogens with zero attached hydrogens (tertiary/aromatic N) is 4. The summed E-state index contributed by atoms with van der Waals surface area (Å²) in [5, 5.41) is 17.1. The molecule has 0 aromatic heterocycles. The average Bonchev–Trinajstić information content (AvgIpc) is 3.96. The Hall–Kier alpha value is -3.70. The van der Waals surface area contributed by atoms with Crippen molar-refractivity contribution in [1.82, 2.24) is 10.6 Å². The van der Waals surface area contributed by atoms with E-state index in [9.17, 15) is 54.1 Å². The maximum absolute atomic E-state index is 14.4. The number of halogens is 11. The van der Waals surface area contributed by atoms with Crippen LogP contribution in [0.2, 0.25) is 0 Å². The first-order valence-corrected chi connectivity index (χ1v) is 19.0. The summed E-state index contributed by atoms with van der Waals surface area (Å²) in [4.78, 5) is 58.1. The van der Waals surface area contributed by atoms with Crippen LogP contribution in [-0.2, 0) is 44.0 Å². The Kier molecular flexibility index (Phi) is 11.3. The third-order valence-corrected chi connectivity index (χ3v) is 10.7. The number of benzene rings is 3. The van der Waals surface area contributed by atoms with Gasteiger partial charge in [-0.05, 0) is 47.5 Å². The number of amides is 3. The van der Waals surface area contributed by atoms with Crippen molar-refractivity contribution in [3.63, 3.8) is 0 Å². The Morgan fingerprint density at radius 3 is 1.71 bits per heavy atom. The van der Waals surface area contributed by atoms with Gasteiger partial charge in [0.2, 0.25) is 11.8 Å². The van der Waals surface area contributed by atoms with Crippen molar-refractivity contribution in [2.45, 2.75) is 54.3 Å². The molecule has 294 valence electrons. The van der Waals surface area contributed by atoms with E-state index >= 15 is 0 Å². The highest BCUT2D eigenvalue weighted by atomic mass is 79.9. The molecule has 2 aliphatic rings. The van der Waals surface area contributed by atoms with E-state index in [0.717, 1.165) is 42.5 Å². The molecule has 2 atom stereocenters. The second-order valence-electron chi connectivity index (χ2n) is 12.1. The number of primary amides is 1. The second-order valence-corrected chi connectivity index (χ2v) is 16.4. The number of nitrogens with one attached hydrogen (secondary N) is 2. The molecule has 3 aromatic rings. The van der Waals surface area contributed by atoms with Crippen molar-refractivity contribution in [3.8, 4) is 0 Å². The largest absolute Gasteiger partial charge is 0.442 e. The zero-order chi connectivity index (χ0) is 41.1. The van der Waals surface area contributed by atoms with E-state index in [1.165, 1.54) is 6.07 Å². The Labute approximate surface area is 328 Å². The highest BCUT2D eigenvalue weighted by molar-refractivity contribution is 9.11. The Morgan fingerprint density at radius 2 is 1.24 bits per heavy atom. The van der Waals surface area contributed by atoms with Crippen LogP contribution < -0.4 is 16.4 Å². The van der Waals surface area contributed by atoms with Gasteiger partial charge in [0.05, 0.1) is 0 Å². The van der Waals surface area contributed by atoms with Gasteiger partial charge in [-0.25, -0.2) is 0 Å². The molecule has 0 saturated carbocycles. The van der Waals surface area contributed by atoms with Crippen molar-refractivity contribution in [3.05, 3.63) is 101 Å². The molecule has 13 nitrogen and oxygen atoms in total. The maximum Gasteiger partial charge on any atom is 0.442 e. The minimum atomic E-state index is -5.97. The van der Waals surface area contributed by atoms with Gasteiger partial charge < -0.3 is 26.2 Å². The SMILES string of the molecule is NC(=O)[C@H](Cc1ccc(C(F)(F)P(=O)(O)O)c(Br)c1)NC(=O)[C@H](Cc1cc(Br)cc(C2(C(F)(F)F)N=N2)c1)NC(=O)c1cc(Br)cc(C2(C(F)(F)F)N=N2)c1. The van der Waals surface area contributed by atoms with Gasteiger partial charge in [0.15, 0.2) is 0 Å². The zero-order valence-corrected chi connectivity index (χ0v) is 32.4. The molecule has 0 aliphatic carbocycles. The number of nitrogens with two attached hydrogens (primary N) is 1. The first kappa shape index (κ1) is 42.4. The van der Waals surface area contributed by atoms with E-state index < -0.39 is 106 Å². The predicted molar refractivity (Wildman–Crippen MR) is 183 cm³/mol. The van der Waals surface area contributed by atoms with Gasteiger partial charge >= 0.3 is 36.9 Å². The highest BCUT2D eigenvalue weighted by Crippen LogP contribution is 2.60. The monoisotopic (exact) mass is 995 g/mol. The number of alkyl halides is 8. The molecule has 25 heteroatoms. The molecular formula is C30H21Br3F8N7O6P. The van der Waals surface area contributed by atoms with Gasteiger partial charge in [-0.2, -0.15) is 35.1 Å². The normalized spacial score (nSPS) is 17.0. The fourth-order valence-electron chi connectivity index (χ4n) is 5.28. The third-order valence-electron chi connectivity index (χ3n) is 8.20. The molecule has 0 radical (unpaired) electrons. The number of carbonyl (C=O) groups excluding carboxylic acids is 3. The fourth-order valence-corrected chi connectivity index (χ4v) is 7.65. The van der Waals surface area contributed by atoms with Crippen molar-refractivity contribution in [2.75, 3.05) is 0 Å². The van der Waals surface area contributed by atoms with Crippen LogP contribution in [0.3, 0.4) is 0 Å². The van der Waals surface area contributed by atoms with Gasteiger partial charge in [-0.1, -0.05) is 66.0 Å². The Morgan fingerprint density at radius 1 is 0.727 bits per heavy atom. The summed E-state index contributed by atoms with van der Waals surface area (Å²) in [6.07, 6.45) is -11.0. The molecule has 2 heterocycles. The van der Waals surface area contributed by atoms with Gasteiger partial charge in [0.25, 0.3) is 5.91 Å². The van der Waals surface area contributed by atoms with Crippen LogP contribution in [0.15, 0.2) is 88.5 Å². The van der Waals surface area contributed by atoms with Crippen LogP contribution in [0.5, 0.6) is 0 Å². The number of hydrogen-bond donors (Lipinski definition) is 5. The van der Waals surface area contributed by atoms with E-state index in [4.69, 9.17) is 15.5 Å². The molecule has 0 saturated heterocycles. The van der Waals surface area contributed by atoms with Crippen molar-refractivity contribution < 1.29 is 63.9 Å². The molecule has 3 amide bonds. The fraction of sp³-hybridized carbons (Fsp3) is 0.300. The van der Waals surface area contributed by atoms with Gasteiger partial charge in [-0.3, -0.25) is 18.9 Å². The summed E-state index contributed by atoms with van der Waals surface area (Å²) in [6.45, 7) is 0. The van der Waals surface area contributed by atoms with Crippen LogP contribution in [0.1, 0.15) is 38.2 Å². The molecule has 0 bridgehead atoms. The third kappa shape index (κ3) is 8.68. The van der Waals surface area contributed by atoms with Gasteiger partial charge in [0, 0.05) is 48.5 Å². The lowest BCUT2D eigenvalue weighted by atomic mass is 9.96. The number of carbonyl (C=O) groups is 3. The Balaban J connectivity index is 1.46. The summed E-state index contributed by atoms with van der Waals surface area (Å²) in [7, 11) is -5.97. The van der Waals surface area contributed by atoms with E-state index in [0.29, 0.717) is 6.07 Å². The van der Waals surface area contributed by atoms with Crippen molar-refractivity contribution >= 4 is 73.1 Å². The number of rotatable bonds is 13.